The number of amides is 2. The van der Waals surface area contributed by atoms with E-state index in [4.69, 9.17) is 0 Å². The van der Waals surface area contributed by atoms with E-state index in [1.165, 1.54) is 17.0 Å². The highest BCUT2D eigenvalue weighted by atomic mass is 19.1. The summed E-state index contributed by atoms with van der Waals surface area (Å²) in [7, 11) is 1.61. The Kier molecular flexibility index (Phi) is 6.26. The molecular weight excluding hydrogens is 375 g/mol. The molecule has 6 nitrogen and oxygen atoms in total. The molecule has 0 aliphatic carbocycles. The Labute approximate surface area is 168 Å². The van der Waals surface area contributed by atoms with Crippen LogP contribution in [-0.4, -0.2) is 41.4 Å². The van der Waals surface area contributed by atoms with Crippen LogP contribution in [-0.2, 0) is 20.8 Å². The van der Waals surface area contributed by atoms with Crippen molar-refractivity contribution in [2.75, 3.05) is 13.6 Å². The highest BCUT2D eigenvalue weighted by Crippen LogP contribution is 2.37. The van der Waals surface area contributed by atoms with Gasteiger partial charge in [-0.15, -0.1) is 0 Å². The molecule has 3 rings (SSSR count). The van der Waals surface area contributed by atoms with Gasteiger partial charge in [-0.2, -0.15) is 0 Å². The number of benzene rings is 2. The van der Waals surface area contributed by atoms with Crippen LogP contribution in [0.25, 0.3) is 0 Å². The van der Waals surface area contributed by atoms with Crippen molar-refractivity contribution in [3.8, 4) is 0 Å². The average Bonchev–Trinajstić information content (AvgIpc) is 3.01. The van der Waals surface area contributed by atoms with E-state index >= 15 is 0 Å². The van der Waals surface area contributed by atoms with Gasteiger partial charge in [-0.05, 0) is 29.7 Å². The number of carboxylic acids is 1. The normalized spacial score (nSPS) is 19.8. The number of likely N-dealkylation sites (tertiary alicyclic amines) is 1. The lowest BCUT2D eigenvalue weighted by molar-refractivity contribution is -0.141. The number of hydrogen-bond donors (Lipinski definition) is 2. The number of nitrogens with one attached hydrogen (secondary N) is 1. The second-order valence-electron chi connectivity index (χ2n) is 7.28. The Bertz CT molecular complexity index is 885. The third-order valence-electron chi connectivity index (χ3n) is 5.33. The summed E-state index contributed by atoms with van der Waals surface area (Å²) < 4.78 is 13.3. The minimum absolute atomic E-state index is 0.0286. The molecule has 0 bridgehead atoms. The van der Waals surface area contributed by atoms with Crippen molar-refractivity contribution in [2.45, 2.75) is 18.9 Å². The quantitative estimate of drug-likeness (QED) is 0.750. The molecule has 2 aromatic rings. The Hall–Kier alpha value is -3.22. The molecule has 0 aromatic heterocycles. The van der Waals surface area contributed by atoms with Crippen molar-refractivity contribution < 1.29 is 23.9 Å². The summed E-state index contributed by atoms with van der Waals surface area (Å²) in [6.07, 6.45) is 0.322. The van der Waals surface area contributed by atoms with E-state index < -0.39 is 29.7 Å². The molecule has 0 spiro atoms. The van der Waals surface area contributed by atoms with E-state index in [0.717, 1.165) is 5.56 Å². The predicted octanol–water partition coefficient (Wildman–Crippen LogP) is 2.40. The number of carbonyl (C=O) groups excluding carboxylic acids is 2. The zero-order chi connectivity index (χ0) is 21.0. The van der Waals surface area contributed by atoms with Crippen LogP contribution >= 0.6 is 0 Å². The van der Waals surface area contributed by atoms with E-state index in [2.05, 4.69) is 5.32 Å². The topological polar surface area (TPSA) is 86.7 Å². The molecule has 0 radical (unpaired) electrons. The lowest BCUT2D eigenvalue weighted by atomic mass is 9.92. The fraction of sp³-hybridized carbons (Fsp3) is 0.318. The van der Waals surface area contributed by atoms with E-state index in [-0.39, 0.29) is 24.8 Å². The van der Waals surface area contributed by atoms with Gasteiger partial charge in [0.2, 0.25) is 11.8 Å². The van der Waals surface area contributed by atoms with Gasteiger partial charge in [0.15, 0.2) is 0 Å². The zero-order valence-electron chi connectivity index (χ0n) is 16.0. The highest BCUT2D eigenvalue weighted by Gasteiger charge is 2.42. The van der Waals surface area contributed by atoms with Crippen molar-refractivity contribution in [1.82, 2.24) is 10.2 Å². The summed E-state index contributed by atoms with van der Waals surface area (Å²) in [5, 5.41) is 12.2. The van der Waals surface area contributed by atoms with Crippen LogP contribution in [0.2, 0.25) is 0 Å². The fourth-order valence-corrected chi connectivity index (χ4v) is 3.72. The monoisotopic (exact) mass is 398 g/mol. The molecule has 0 saturated carbocycles. The third-order valence-corrected chi connectivity index (χ3v) is 5.33. The van der Waals surface area contributed by atoms with Crippen LogP contribution < -0.4 is 5.32 Å². The first kappa shape index (κ1) is 20.5. The summed E-state index contributed by atoms with van der Waals surface area (Å²) in [5.41, 5.74) is 1.54. The van der Waals surface area contributed by atoms with Gasteiger partial charge in [0.1, 0.15) is 5.82 Å². The molecular formula is C22H23FN2O4. The first-order chi connectivity index (χ1) is 13.9. The maximum absolute atomic E-state index is 13.3. The van der Waals surface area contributed by atoms with Gasteiger partial charge in [0.05, 0.1) is 17.9 Å². The maximum atomic E-state index is 13.3. The SMILES string of the molecule is CN1C(=O)CC(C(=O)NCC(Cc2ccccc2)C(=O)O)C1c1ccc(F)cc1. The van der Waals surface area contributed by atoms with Gasteiger partial charge in [-0.25, -0.2) is 4.39 Å². The van der Waals surface area contributed by atoms with Crippen LogP contribution in [0.5, 0.6) is 0 Å². The second-order valence-corrected chi connectivity index (χ2v) is 7.28. The summed E-state index contributed by atoms with van der Waals surface area (Å²) in [6.45, 7) is -0.0341. The average molecular weight is 398 g/mol. The molecule has 2 N–H and O–H groups in total. The van der Waals surface area contributed by atoms with Crippen molar-refractivity contribution >= 4 is 17.8 Å². The van der Waals surface area contributed by atoms with Crippen LogP contribution in [0.3, 0.4) is 0 Å². The van der Waals surface area contributed by atoms with E-state index in [9.17, 15) is 23.9 Å². The zero-order valence-corrected chi connectivity index (χ0v) is 16.0. The molecule has 1 aliphatic rings. The molecule has 3 unspecified atom stereocenters. The Morgan fingerprint density at radius 1 is 1.17 bits per heavy atom. The molecule has 3 atom stereocenters. The molecule has 7 heteroatoms. The Morgan fingerprint density at radius 3 is 2.45 bits per heavy atom. The summed E-state index contributed by atoms with van der Waals surface area (Å²) in [5.74, 6) is -3.39. The van der Waals surface area contributed by atoms with Crippen LogP contribution in [0.1, 0.15) is 23.6 Å². The predicted molar refractivity (Wildman–Crippen MR) is 104 cm³/mol. The fourth-order valence-electron chi connectivity index (χ4n) is 3.72. The van der Waals surface area contributed by atoms with E-state index in [1.54, 1.807) is 19.2 Å². The van der Waals surface area contributed by atoms with Crippen molar-refractivity contribution in [3.63, 3.8) is 0 Å². The maximum Gasteiger partial charge on any atom is 0.308 e. The van der Waals surface area contributed by atoms with Crippen molar-refractivity contribution in [3.05, 3.63) is 71.5 Å². The molecule has 152 valence electrons. The minimum Gasteiger partial charge on any atom is -0.481 e. The number of rotatable bonds is 7. The lowest BCUT2D eigenvalue weighted by Crippen LogP contribution is -2.39. The molecule has 1 fully saturated rings. The second kappa shape index (κ2) is 8.86. The van der Waals surface area contributed by atoms with Gasteiger partial charge < -0.3 is 15.3 Å². The van der Waals surface area contributed by atoms with Crippen LogP contribution in [0, 0.1) is 17.7 Å². The number of halogens is 1. The minimum atomic E-state index is -0.996. The smallest absolute Gasteiger partial charge is 0.308 e. The number of hydrogen-bond acceptors (Lipinski definition) is 3. The van der Waals surface area contributed by atoms with Crippen LogP contribution in [0.4, 0.5) is 4.39 Å². The first-order valence-electron chi connectivity index (χ1n) is 9.42. The van der Waals surface area contributed by atoms with E-state index in [0.29, 0.717) is 12.0 Å². The van der Waals surface area contributed by atoms with Gasteiger partial charge in [0, 0.05) is 20.0 Å². The van der Waals surface area contributed by atoms with Crippen molar-refractivity contribution in [1.29, 1.82) is 0 Å². The van der Waals surface area contributed by atoms with Gasteiger partial charge in [-0.1, -0.05) is 42.5 Å². The molecule has 1 saturated heterocycles. The Balaban J connectivity index is 1.69. The number of carboxylic acid groups (broad SMARTS) is 1. The molecule has 1 heterocycles. The van der Waals surface area contributed by atoms with Gasteiger partial charge in [-0.3, -0.25) is 14.4 Å². The summed E-state index contributed by atoms with van der Waals surface area (Å²) >= 11 is 0. The van der Waals surface area contributed by atoms with E-state index in [1.807, 2.05) is 30.3 Å². The Morgan fingerprint density at radius 2 is 1.83 bits per heavy atom. The number of nitrogens with zero attached hydrogens (tertiary/aromatic N) is 1. The molecule has 2 amide bonds. The van der Waals surface area contributed by atoms with Gasteiger partial charge in [0.25, 0.3) is 0 Å². The molecule has 29 heavy (non-hydrogen) atoms. The summed E-state index contributed by atoms with van der Waals surface area (Å²) in [6, 6.07) is 14.4. The standard InChI is InChI=1S/C22H23FN2O4/c1-25-19(26)12-18(20(25)15-7-9-17(23)10-8-15)21(27)24-13-16(22(28)29)11-14-5-3-2-4-6-14/h2-10,16,18,20H,11-13H2,1H3,(H,24,27)(H,28,29). The third kappa shape index (κ3) is 4.80. The van der Waals surface area contributed by atoms with Gasteiger partial charge >= 0.3 is 5.97 Å². The lowest BCUT2D eigenvalue weighted by Gasteiger charge is -2.25. The number of aliphatic carboxylic acids is 1. The largest absolute Gasteiger partial charge is 0.481 e. The van der Waals surface area contributed by atoms with Crippen molar-refractivity contribution in [2.24, 2.45) is 11.8 Å². The first-order valence-corrected chi connectivity index (χ1v) is 9.42. The highest BCUT2D eigenvalue weighted by molar-refractivity contribution is 5.90. The van der Waals surface area contributed by atoms with Crippen LogP contribution in [0.15, 0.2) is 54.6 Å². The number of carbonyl (C=O) groups is 3. The summed E-state index contributed by atoms with van der Waals surface area (Å²) in [4.78, 5) is 38.1. The molecule has 1 aliphatic heterocycles. The molecule has 2 aromatic carbocycles.